The molecule has 4 amide bonds. The Morgan fingerprint density at radius 1 is 1.35 bits per heavy atom. The molecule has 2 aliphatic heterocycles. The highest BCUT2D eigenvalue weighted by Gasteiger charge is 2.44. The van der Waals surface area contributed by atoms with Crippen LogP contribution in [0.25, 0.3) is 0 Å². The zero-order valence-corrected chi connectivity index (χ0v) is 9.36. The summed E-state index contributed by atoms with van der Waals surface area (Å²) in [4.78, 5) is 35.0. The molecule has 2 aliphatic rings. The van der Waals surface area contributed by atoms with Gasteiger partial charge in [-0.05, 0) is 6.42 Å². The average Bonchev–Trinajstić information content (AvgIpc) is 2.76. The second-order valence-electron chi connectivity index (χ2n) is 3.86. The smallest absolute Gasteiger partial charge is 0.320 e. The van der Waals surface area contributed by atoms with Crippen molar-refractivity contribution in [2.75, 3.05) is 13.7 Å². The van der Waals surface area contributed by atoms with Gasteiger partial charge in [-0.3, -0.25) is 4.79 Å². The molecule has 2 fully saturated rings. The lowest BCUT2D eigenvalue weighted by atomic mass is 10.3. The molecular formula is C9H14N4O4. The lowest BCUT2D eigenvalue weighted by Crippen LogP contribution is -2.43. The minimum Gasteiger partial charge on any atom is -0.469 e. The fraction of sp³-hybridized carbons (Fsp3) is 0.667. The van der Waals surface area contributed by atoms with E-state index >= 15 is 0 Å². The molecule has 8 heteroatoms. The Kier molecular flexibility index (Phi) is 3.03. The normalized spacial score (nSPS) is 26.1. The highest BCUT2D eigenvalue weighted by atomic mass is 16.5. The number of rotatable bonds is 4. The molecule has 2 atom stereocenters. The Labute approximate surface area is 97.7 Å². The van der Waals surface area contributed by atoms with Crippen LogP contribution in [0.3, 0.4) is 0 Å². The molecule has 8 nitrogen and oxygen atoms in total. The van der Waals surface area contributed by atoms with Crippen molar-refractivity contribution < 1.29 is 19.1 Å². The van der Waals surface area contributed by atoms with Gasteiger partial charge in [-0.25, -0.2) is 9.59 Å². The maximum atomic E-state index is 11.5. The minimum atomic E-state index is -0.395. The van der Waals surface area contributed by atoms with Gasteiger partial charge in [0.25, 0.3) is 0 Å². The van der Waals surface area contributed by atoms with E-state index < -0.39 is 6.17 Å². The summed E-state index contributed by atoms with van der Waals surface area (Å²) in [6.07, 6.45) is -0.0288. The largest absolute Gasteiger partial charge is 0.469 e. The summed E-state index contributed by atoms with van der Waals surface area (Å²) in [5.41, 5.74) is 0. The van der Waals surface area contributed by atoms with Gasteiger partial charge < -0.3 is 25.6 Å². The fourth-order valence-corrected chi connectivity index (χ4v) is 1.93. The van der Waals surface area contributed by atoms with Crippen LogP contribution in [-0.4, -0.2) is 48.9 Å². The molecule has 0 aliphatic carbocycles. The molecule has 2 rings (SSSR count). The van der Waals surface area contributed by atoms with Gasteiger partial charge in [0.1, 0.15) is 12.3 Å². The highest BCUT2D eigenvalue weighted by Crippen LogP contribution is 2.14. The van der Waals surface area contributed by atoms with Crippen LogP contribution in [0.4, 0.5) is 9.59 Å². The number of nitrogens with one attached hydrogen (secondary N) is 3. The van der Waals surface area contributed by atoms with E-state index in [4.69, 9.17) is 0 Å². The van der Waals surface area contributed by atoms with Crippen molar-refractivity contribution >= 4 is 18.0 Å². The number of fused-ring (bicyclic) bond motifs is 1. The SMILES string of the molecule is COC(=O)CCCN1C(=O)NC2NC(=O)NC21. The van der Waals surface area contributed by atoms with E-state index in [-0.39, 0.29) is 30.6 Å². The lowest BCUT2D eigenvalue weighted by molar-refractivity contribution is -0.140. The van der Waals surface area contributed by atoms with Gasteiger partial charge in [-0.15, -0.1) is 0 Å². The van der Waals surface area contributed by atoms with E-state index in [0.717, 1.165) is 0 Å². The Bertz CT molecular complexity index is 359. The summed E-state index contributed by atoms with van der Waals surface area (Å²) in [6, 6.07) is -0.560. The Hall–Kier alpha value is -1.99. The second kappa shape index (κ2) is 4.48. The monoisotopic (exact) mass is 242 g/mol. The molecule has 3 N–H and O–H groups in total. The molecule has 0 aromatic carbocycles. The van der Waals surface area contributed by atoms with Gasteiger partial charge in [0.15, 0.2) is 0 Å². The number of carbonyl (C=O) groups is 3. The van der Waals surface area contributed by atoms with Crippen LogP contribution in [0.5, 0.6) is 0 Å². The first kappa shape index (κ1) is 11.5. The summed E-state index contributed by atoms with van der Waals surface area (Å²) in [5, 5.41) is 7.82. The van der Waals surface area contributed by atoms with Crippen molar-refractivity contribution in [1.29, 1.82) is 0 Å². The van der Waals surface area contributed by atoms with Gasteiger partial charge in [-0.2, -0.15) is 0 Å². The third-order valence-corrected chi connectivity index (χ3v) is 2.76. The summed E-state index contributed by atoms with van der Waals surface area (Å²) in [7, 11) is 1.32. The van der Waals surface area contributed by atoms with Crippen molar-refractivity contribution in [1.82, 2.24) is 20.9 Å². The van der Waals surface area contributed by atoms with Crippen LogP contribution in [0.15, 0.2) is 0 Å². The third-order valence-electron chi connectivity index (χ3n) is 2.76. The van der Waals surface area contributed by atoms with Gasteiger partial charge in [0.05, 0.1) is 7.11 Å². The van der Waals surface area contributed by atoms with E-state index in [1.165, 1.54) is 12.0 Å². The Morgan fingerprint density at radius 2 is 2.12 bits per heavy atom. The lowest BCUT2D eigenvalue weighted by Gasteiger charge is -2.20. The van der Waals surface area contributed by atoms with Gasteiger partial charge in [0, 0.05) is 13.0 Å². The number of urea groups is 2. The maximum absolute atomic E-state index is 11.5. The third kappa shape index (κ3) is 2.24. The average molecular weight is 242 g/mol. The number of ether oxygens (including phenoxy) is 1. The van der Waals surface area contributed by atoms with Crippen LogP contribution in [0.1, 0.15) is 12.8 Å². The Morgan fingerprint density at radius 3 is 2.82 bits per heavy atom. The standard InChI is InChI=1S/C9H14N4O4/c1-17-5(14)3-2-4-13-7-6(11-9(13)16)10-8(15)12-7/h6-7H,2-4H2,1H3,(H,11,16)(H2,10,12,15). The van der Waals surface area contributed by atoms with Crippen LogP contribution < -0.4 is 16.0 Å². The highest BCUT2D eigenvalue weighted by molar-refractivity contribution is 5.84. The number of carbonyl (C=O) groups excluding carboxylic acids is 3. The van der Waals surface area contributed by atoms with Crippen LogP contribution in [0, 0.1) is 0 Å². The van der Waals surface area contributed by atoms with Gasteiger partial charge >= 0.3 is 18.0 Å². The summed E-state index contributed by atoms with van der Waals surface area (Å²) in [6.45, 7) is 0.393. The number of hydrogen-bond donors (Lipinski definition) is 3. The predicted molar refractivity (Wildman–Crippen MR) is 55.7 cm³/mol. The summed E-state index contributed by atoms with van der Waals surface area (Å²) in [5.74, 6) is -0.310. The molecular weight excluding hydrogens is 228 g/mol. The van der Waals surface area contributed by atoms with Crippen LogP contribution in [-0.2, 0) is 9.53 Å². The molecule has 94 valence electrons. The zero-order valence-electron chi connectivity index (χ0n) is 9.36. The molecule has 0 aromatic rings. The molecule has 0 saturated carbocycles. The first-order valence-electron chi connectivity index (χ1n) is 5.33. The zero-order chi connectivity index (χ0) is 12.4. The molecule has 17 heavy (non-hydrogen) atoms. The van der Waals surface area contributed by atoms with E-state index in [1.54, 1.807) is 0 Å². The van der Waals surface area contributed by atoms with E-state index in [0.29, 0.717) is 13.0 Å². The molecule has 2 heterocycles. The van der Waals surface area contributed by atoms with Crippen molar-refractivity contribution in [2.24, 2.45) is 0 Å². The summed E-state index contributed by atoms with van der Waals surface area (Å²) < 4.78 is 4.51. The molecule has 2 unspecified atom stereocenters. The van der Waals surface area contributed by atoms with Crippen molar-refractivity contribution in [2.45, 2.75) is 25.2 Å². The van der Waals surface area contributed by atoms with E-state index in [9.17, 15) is 14.4 Å². The van der Waals surface area contributed by atoms with Crippen LogP contribution >= 0.6 is 0 Å². The molecule has 0 spiro atoms. The second-order valence-corrected chi connectivity index (χ2v) is 3.86. The first-order valence-corrected chi connectivity index (χ1v) is 5.33. The van der Waals surface area contributed by atoms with E-state index in [1.807, 2.05) is 0 Å². The summed E-state index contributed by atoms with van der Waals surface area (Å²) >= 11 is 0. The number of esters is 1. The predicted octanol–water partition coefficient (Wildman–Crippen LogP) is -1.07. The van der Waals surface area contributed by atoms with Crippen molar-refractivity contribution in [3.05, 3.63) is 0 Å². The number of hydrogen-bond acceptors (Lipinski definition) is 4. The maximum Gasteiger partial charge on any atom is 0.320 e. The molecule has 2 saturated heterocycles. The quantitative estimate of drug-likeness (QED) is 0.546. The molecule has 0 bridgehead atoms. The topological polar surface area (TPSA) is 99.8 Å². The van der Waals surface area contributed by atoms with Crippen LogP contribution in [0.2, 0.25) is 0 Å². The van der Waals surface area contributed by atoms with Gasteiger partial charge in [0.2, 0.25) is 0 Å². The minimum absolute atomic E-state index is 0.249. The Balaban J connectivity index is 1.85. The van der Waals surface area contributed by atoms with Crippen molar-refractivity contribution in [3.8, 4) is 0 Å². The molecule has 0 radical (unpaired) electrons. The van der Waals surface area contributed by atoms with Gasteiger partial charge in [-0.1, -0.05) is 0 Å². The number of nitrogens with zero attached hydrogens (tertiary/aromatic N) is 1. The fourth-order valence-electron chi connectivity index (χ4n) is 1.93. The number of methoxy groups -OCH3 is 1. The molecule has 0 aromatic heterocycles. The van der Waals surface area contributed by atoms with E-state index in [2.05, 4.69) is 20.7 Å². The number of amides is 4. The first-order chi connectivity index (χ1) is 8.11. The van der Waals surface area contributed by atoms with Crippen molar-refractivity contribution in [3.63, 3.8) is 0 Å².